The molecule has 19 heavy (non-hydrogen) atoms. The summed E-state index contributed by atoms with van der Waals surface area (Å²) >= 11 is 0. The molecule has 112 valence electrons. The summed E-state index contributed by atoms with van der Waals surface area (Å²) in [4.78, 5) is 11.0. The van der Waals surface area contributed by atoms with Crippen molar-refractivity contribution in [3.05, 3.63) is 0 Å². The maximum absolute atomic E-state index is 12.2. The number of carbonyl (C=O) groups is 1. The van der Waals surface area contributed by atoms with Crippen molar-refractivity contribution < 1.29 is 17.9 Å². The first kappa shape index (κ1) is 16.4. The van der Waals surface area contributed by atoms with Crippen molar-refractivity contribution in [3.8, 4) is 0 Å². The molecule has 1 fully saturated rings. The Hall–Kier alpha value is -0.620. The Morgan fingerprint density at radius 2 is 1.79 bits per heavy atom. The van der Waals surface area contributed by atoms with E-state index in [0.717, 1.165) is 25.7 Å². The molecule has 0 radical (unpaired) electrons. The molecule has 5 nitrogen and oxygen atoms in total. The van der Waals surface area contributed by atoms with E-state index in [-0.39, 0.29) is 24.2 Å². The van der Waals surface area contributed by atoms with Crippen molar-refractivity contribution in [2.24, 2.45) is 0 Å². The Bertz CT molecular complexity index is 372. The molecule has 0 N–H and O–H groups in total. The van der Waals surface area contributed by atoms with Crippen LogP contribution in [-0.4, -0.2) is 44.6 Å². The van der Waals surface area contributed by atoms with Crippen molar-refractivity contribution in [2.45, 2.75) is 57.4 Å². The Balaban J connectivity index is 2.48. The molecule has 0 bridgehead atoms. The molecule has 0 unspecified atom stereocenters. The van der Waals surface area contributed by atoms with Crippen LogP contribution in [0.2, 0.25) is 0 Å². The molecule has 6 heteroatoms. The van der Waals surface area contributed by atoms with Crippen LogP contribution in [0.5, 0.6) is 0 Å². The van der Waals surface area contributed by atoms with Crippen LogP contribution >= 0.6 is 0 Å². The first-order valence-corrected chi connectivity index (χ1v) is 8.61. The third-order valence-corrected chi connectivity index (χ3v) is 5.77. The van der Waals surface area contributed by atoms with E-state index in [4.69, 9.17) is 0 Å². The van der Waals surface area contributed by atoms with Gasteiger partial charge in [-0.05, 0) is 19.3 Å². The predicted molar refractivity (Wildman–Crippen MR) is 74.3 cm³/mol. The van der Waals surface area contributed by atoms with Crippen molar-refractivity contribution in [1.82, 2.24) is 4.31 Å². The maximum atomic E-state index is 12.2. The molecule has 1 saturated carbocycles. The SMILES string of the molecule is COC(=O)CCCS(=O)(=O)N(C)C1CCCCCC1. The first-order chi connectivity index (χ1) is 8.97. The van der Waals surface area contributed by atoms with Gasteiger partial charge in [0.05, 0.1) is 12.9 Å². The lowest BCUT2D eigenvalue weighted by Gasteiger charge is -2.26. The summed E-state index contributed by atoms with van der Waals surface area (Å²) in [5.41, 5.74) is 0. The van der Waals surface area contributed by atoms with E-state index in [9.17, 15) is 13.2 Å². The van der Waals surface area contributed by atoms with Gasteiger partial charge < -0.3 is 4.74 Å². The summed E-state index contributed by atoms with van der Waals surface area (Å²) in [6.07, 6.45) is 7.00. The second-order valence-corrected chi connectivity index (χ2v) is 7.31. The van der Waals surface area contributed by atoms with Gasteiger partial charge in [0.2, 0.25) is 10.0 Å². The van der Waals surface area contributed by atoms with Gasteiger partial charge in [0.15, 0.2) is 0 Å². The number of ether oxygens (including phenoxy) is 1. The van der Waals surface area contributed by atoms with E-state index < -0.39 is 10.0 Å². The zero-order valence-electron chi connectivity index (χ0n) is 11.9. The van der Waals surface area contributed by atoms with Crippen LogP contribution in [0, 0.1) is 0 Å². The average Bonchev–Trinajstić information content (AvgIpc) is 2.66. The van der Waals surface area contributed by atoms with Crippen molar-refractivity contribution >= 4 is 16.0 Å². The van der Waals surface area contributed by atoms with Crippen LogP contribution < -0.4 is 0 Å². The molecule has 0 heterocycles. The number of carbonyl (C=O) groups excluding carboxylic acids is 1. The summed E-state index contributed by atoms with van der Waals surface area (Å²) in [6, 6.07) is 0.130. The molecule has 1 rings (SSSR count). The monoisotopic (exact) mass is 291 g/mol. The Morgan fingerprint density at radius 1 is 1.21 bits per heavy atom. The third-order valence-electron chi connectivity index (χ3n) is 3.79. The highest BCUT2D eigenvalue weighted by Crippen LogP contribution is 2.23. The molecule has 0 spiro atoms. The van der Waals surface area contributed by atoms with Crippen LogP contribution in [0.4, 0.5) is 0 Å². The minimum absolute atomic E-state index is 0.0229. The molecule has 0 aromatic carbocycles. The number of hydrogen-bond donors (Lipinski definition) is 0. The normalized spacial score (nSPS) is 18.3. The van der Waals surface area contributed by atoms with E-state index in [0.29, 0.717) is 6.42 Å². The van der Waals surface area contributed by atoms with E-state index >= 15 is 0 Å². The van der Waals surface area contributed by atoms with E-state index in [1.807, 2.05) is 0 Å². The molecule has 0 aromatic heterocycles. The number of esters is 1. The van der Waals surface area contributed by atoms with E-state index in [1.165, 1.54) is 24.3 Å². The molecule has 0 atom stereocenters. The number of hydrogen-bond acceptors (Lipinski definition) is 4. The van der Waals surface area contributed by atoms with Crippen LogP contribution in [0.25, 0.3) is 0 Å². The number of methoxy groups -OCH3 is 1. The Morgan fingerprint density at radius 3 is 2.32 bits per heavy atom. The van der Waals surface area contributed by atoms with Gasteiger partial charge in [-0.15, -0.1) is 0 Å². The first-order valence-electron chi connectivity index (χ1n) is 7.00. The lowest BCUT2D eigenvalue weighted by molar-refractivity contribution is -0.140. The average molecular weight is 291 g/mol. The van der Waals surface area contributed by atoms with Gasteiger partial charge >= 0.3 is 5.97 Å². The summed E-state index contributed by atoms with van der Waals surface area (Å²) < 4.78 is 30.4. The zero-order valence-corrected chi connectivity index (χ0v) is 12.7. The van der Waals surface area contributed by atoms with Crippen molar-refractivity contribution in [2.75, 3.05) is 19.9 Å². The molecular weight excluding hydrogens is 266 g/mol. The second kappa shape index (κ2) is 7.85. The fourth-order valence-corrected chi connectivity index (χ4v) is 3.96. The summed E-state index contributed by atoms with van der Waals surface area (Å²) in [5.74, 6) is -0.331. The summed E-state index contributed by atoms with van der Waals surface area (Å²) in [5, 5.41) is 0. The highest BCUT2D eigenvalue weighted by Gasteiger charge is 2.26. The highest BCUT2D eigenvalue weighted by atomic mass is 32.2. The van der Waals surface area contributed by atoms with Crippen LogP contribution in [0.3, 0.4) is 0 Å². The lowest BCUT2D eigenvalue weighted by atomic mass is 10.1. The van der Waals surface area contributed by atoms with Crippen LogP contribution in [0.15, 0.2) is 0 Å². The van der Waals surface area contributed by atoms with Crippen molar-refractivity contribution in [1.29, 1.82) is 0 Å². The summed E-state index contributed by atoms with van der Waals surface area (Å²) in [6.45, 7) is 0. The predicted octanol–water partition coefficient (Wildman–Crippen LogP) is 1.92. The molecule has 0 aromatic rings. The van der Waals surface area contributed by atoms with Gasteiger partial charge in [-0.1, -0.05) is 25.7 Å². The van der Waals surface area contributed by atoms with Crippen LogP contribution in [-0.2, 0) is 19.6 Å². The van der Waals surface area contributed by atoms with E-state index in [1.54, 1.807) is 7.05 Å². The zero-order chi connectivity index (χ0) is 14.3. The summed E-state index contributed by atoms with van der Waals surface area (Å²) in [7, 11) is -0.270. The molecule has 0 aliphatic heterocycles. The topological polar surface area (TPSA) is 63.7 Å². The standard InChI is InChI=1S/C13H25NO4S/c1-14(12-8-5-3-4-6-9-12)19(16,17)11-7-10-13(15)18-2/h12H,3-11H2,1-2H3. The van der Waals surface area contributed by atoms with E-state index in [2.05, 4.69) is 4.74 Å². The molecule has 1 aliphatic carbocycles. The minimum atomic E-state index is -3.25. The van der Waals surface area contributed by atoms with Gasteiger partial charge in [-0.3, -0.25) is 4.79 Å². The number of nitrogens with zero attached hydrogens (tertiary/aromatic N) is 1. The van der Waals surface area contributed by atoms with Gasteiger partial charge in [-0.25, -0.2) is 12.7 Å². The molecule has 1 aliphatic rings. The van der Waals surface area contributed by atoms with Crippen molar-refractivity contribution in [3.63, 3.8) is 0 Å². The smallest absolute Gasteiger partial charge is 0.305 e. The third kappa shape index (κ3) is 5.48. The fourth-order valence-electron chi connectivity index (χ4n) is 2.49. The molecular formula is C13H25NO4S. The highest BCUT2D eigenvalue weighted by molar-refractivity contribution is 7.89. The van der Waals surface area contributed by atoms with Gasteiger partial charge in [0.1, 0.15) is 0 Å². The quantitative estimate of drug-likeness (QED) is 0.554. The largest absolute Gasteiger partial charge is 0.469 e. The Labute approximate surface area is 116 Å². The fraction of sp³-hybridized carbons (Fsp3) is 0.923. The minimum Gasteiger partial charge on any atom is -0.469 e. The Kier molecular flexibility index (Phi) is 6.79. The van der Waals surface area contributed by atoms with Gasteiger partial charge in [-0.2, -0.15) is 0 Å². The molecule has 0 saturated heterocycles. The second-order valence-electron chi connectivity index (χ2n) is 5.16. The maximum Gasteiger partial charge on any atom is 0.305 e. The number of rotatable bonds is 6. The number of sulfonamides is 1. The lowest BCUT2D eigenvalue weighted by Crippen LogP contribution is -2.38. The van der Waals surface area contributed by atoms with Gasteiger partial charge in [0, 0.05) is 19.5 Å². The molecule has 0 amide bonds. The van der Waals surface area contributed by atoms with Gasteiger partial charge in [0.25, 0.3) is 0 Å². The van der Waals surface area contributed by atoms with Crippen LogP contribution in [0.1, 0.15) is 51.4 Å².